The molecule has 0 spiro atoms. The number of halogens is 1. The maximum atomic E-state index is 10.6. The second-order valence-corrected chi connectivity index (χ2v) is 2.03. The molecule has 0 radical (unpaired) electrons. The van der Waals surface area contributed by atoms with Crippen LogP contribution in [0.5, 0.6) is 0 Å². The summed E-state index contributed by atoms with van der Waals surface area (Å²) in [5, 5.41) is 0. The van der Waals surface area contributed by atoms with Crippen LogP contribution >= 0.6 is 12.4 Å². The van der Waals surface area contributed by atoms with E-state index in [9.17, 15) is 4.79 Å². The standard InChI is InChI=1S/C6H10O2.ClH/c1-2-8-6(7)5-3-4-5;/h5H,2-4H2,1H3;1H. The zero-order valence-electron chi connectivity index (χ0n) is 5.42. The van der Waals surface area contributed by atoms with Crippen LogP contribution in [0.1, 0.15) is 19.8 Å². The van der Waals surface area contributed by atoms with Crippen LogP contribution in [-0.4, -0.2) is 12.6 Å². The summed E-state index contributed by atoms with van der Waals surface area (Å²) < 4.78 is 4.73. The number of esters is 1. The molecule has 0 N–H and O–H groups in total. The lowest BCUT2D eigenvalue weighted by Crippen LogP contribution is -2.04. The first-order valence-corrected chi connectivity index (χ1v) is 3.01. The maximum absolute atomic E-state index is 10.6. The van der Waals surface area contributed by atoms with Gasteiger partial charge in [-0.25, -0.2) is 0 Å². The van der Waals surface area contributed by atoms with E-state index in [-0.39, 0.29) is 24.3 Å². The molecule has 0 saturated heterocycles. The summed E-state index contributed by atoms with van der Waals surface area (Å²) in [5.41, 5.74) is 0. The first-order chi connectivity index (χ1) is 3.84. The average Bonchev–Trinajstić information content (AvgIpc) is 2.45. The molecule has 1 saturated carbocycles. The number of carbonyl (C=O) groups is 1. The van der Waals surface area contributed by atoms with Crippen LogP contribution in [0.15, 0.2) is 0 Å². The number of carbonyl (C=O) groups excluding carboxylic acids is 1. The highest BCUT2D eigenvalue weighted by atomic mass is 35.5. The van der Waals surface area contributed by atoms with Crippen LogP contribution in [0, 0.1) is 5.92 Å². The summed E-state index contributed by atoms with van der Waals surface area (Å²) in [6.45, 7) is 2.36. The van der Waals surface area contributed by atoms with Crippen molar-refractivity contribution in [1.82, 2.24) is 0 Å². The highest BCUT2D eigenvalue weighted by molar-refractivity contribution is 5.85. The fraction of sp³-hybridized carbons (Fsp3) is 0.833. The van der Waals surface area contributed by atoms with Crippen molar-refractivity contribution >= 4 is 18.4 Å². The van der Waals surface area contributed by atoms with E-state index >= 15 is 0 Å². The first-order valence-electron chi connectivity index (χ1n) is 3.01. The van der Waals surface area contributed by atoms with Crippen LogP contribution in [0.3, 0.4) is 0 Å². The SMILES string of the molecule is CCOC(=O)C1CC1.Cl. The second-order valence-electron chi connectivity index (χ2n) is 2.03. The summed E-state index contributed by atoms with van der Waals surface area (Å²) in [6.07, 6.45) is 2.08. The minimum atomic E-state index is -0.00694. The van der Waals surface area contributed by atoms with Crippen LogP contribution in [0.25, 0.3) is 0 Å². The van der Waals surface area contributed by atoms with Gasteiger partial charge in [-0.3, -0.25) is 4.79 Å². The predicted molar refractivity (Wildman–Crippen MR) is 36.6 cm³/mol. The molecule has 0 aromatic carbocycles. The molecule has 0 aromatic heterocycles. The summed E-state index contributed by atoms with van der Waals surface area (Å²) in [6, 6.07) is 0. The van der Waals surface area contributed by atoms with Crippen LogP contribution in [-0.2, 0) is 9.53 Å². The van der Waals surface area contributed by atoms with E-state index in [1.165, 1.54) is 0 Å². The minimum Gasteiger partial charge on any atom is -0.466 e. The predicted octanol–water partition coefficient (Wildman–Crippen LogP) is 1.38. The minimum absolute atomic E-state index is 0. The third-order valence-corrected chi connectivity index (χ3v) is 1.20. The van der Waals surface area contributed by atoms with Gasteiger partial charge >= 0.3 is 5.97 Å². The molecule has 0 atom stereocenters. The van der Waals surface area contributed by atoms with E-state index in [2.05, 4.69) is 0 Å². The molecule has 1 rings (SSSR count). The molecule has 1 fully saturated rings. The Morgan fingerprint density at radius 3 is 2.56 bits per heavy atom. The molecule has 1 aliphatic carbocycles. The van der Waals surface area contributed by atoms with Crippen molar-refractivity contribution in [3.63, 3.8) is 0 Å². The number of hydrogen-bond acceptors (Lipinski definition) is 2. The summed E-state index contributed by atoms with van der Waals surface area (Å²) in [4.78, 5) is 10.6. The Balaban J connectivity index is 0.000000640. The van der Waals surface area contributed by atoms with Gasteiger partial charge in [0.05, 0.1) is 12.5 Å². The summed E-state index contributed by atoms with van der Waals surface area (Å²) >= 11 is 0. The summed E-state index contributed by atoms with van der Waals surface area (Å²) in [7, 11) is 0. The molecule has 0 unspecified atom stereocenters. The van der Waals surface area contributed by atoms with Gasteiger partial charge in [0.25, 0.3) is 0 Å². The highest BCUT2D eigenvalue weighted by Gasteiger charge is 2.30. The largest absolute Gasteiger partial charge is 0.466 e. The first kappa shape index (κ1) is 8.76. The maximum Gasteiger partial charge on any atom is 0.308 e. The number of rotatable bonds is 2. The van der Waals surface area contributed by atoms with Crippen LogP contribution in [0.2, 0.25) is 0 Å². The van der Waals surface area contributed by atoms with Crippen molar-refractivity contribution in [3.8, 4) is 0 Å². The van der Waals surface area contributed by atoms with Gasteiger partial charge in [-0.1, -0.05) is 0 Å². The fourth-order valence-electron chi connectivity index (χ4n) is 0.579. The Kier molecular flexibility index (Phi) is 3.62. The van der Waals surface area contributed by atoms with Crippen molar-refractivity contribution in [3.05, 3.63) is 0 Å². The van der Waals surface area contributed by atoms with Crippen LogP contribution in [0.4, 0.5) is 0 Å². The zero-order valence-corrected chi connectivity index (χ0v) is 6.24. The molecule has 0 amide bonds. The van der Waals surface area contributed by atoms with Gasteiger partial charge in [-0.2, -0.15) is 0 Å². The molecule has 2 nitrogen and oxygen atoms in total. The van der Waals surface area contributed by atoms with E-state index in [0.29, 0.717) is 6.61 Å². The average molecular weight is 151 g/mol. The van der Waals surface area contributed by atoms with Gasteiger partial charge in [-0.15, -0.1) is 12.4 Å². The molecular weight excluding hydrogens is 140 g/mol. The molecule has 0 bridgehead atoms. The Hall–Kier alpha value is -0.240. The Bertz CT molecular complexity index is 99.2. The Morgan fingerprint density at radius 2 is 2.22 bits per heavy atom. The normalized spacial score (nSPS) is 16.1. The monoisotopic (exact) mass is 150 g/mol. The topological polar surface area (TPSA) is 26.3 Å². The molecule has 0 aromatic rings. The van der Waals surface area contributed by atoms with E-state index in [1.807, 2.05) is 6.92 Å². The van der Waals surface area contributed by atoms with Crippen molar-refractivity contribution in [1.29, 1.82) is 0 Å². The van der Waals surface area contributed by atoms with Gasteiger partial charge in [0.1, 0.15) is 0 Å². The zero-order chi connectivity index (χ0) is 5.98. The van der Waals surface area contributed by atoms with E-state index < -0.39 is 0 Å². The van der Waals surface area contributed by atoms with Gasteiger partial charge in [0.2, 0.25) is 0 Å². The Morgan fingerprint density at radius 1 is 1.67 bits per heavy atom. The van der Waals surface area contributed by atoms with E-state index in [1.54, 1.807) is 0 Å². The van der Waals surface area contributed by atoms with E-state index in [4.69, 9.17) is 4.74 Å². The van der Waals surface area contributed by atoms with Crippen molar-refractivity contribution in [2.45, 2.75) is 19.8 Å². The summed E-state index contributed by atoms with van der Waals surface area (Å²) in [5.74, 6) is 0.252. The Labute approximate surface area is 61.0 Å². The molecule has 3 heteroatoms. The molecule has 1 aliphatic rings. The lowest BCUT2D eigenvalue weighted by atomic mass is 10.4. The lowest BCUT2D eigenvalue weighted by Gasteiger charge is -1.95. The van der Waals surface area contributed by atoms with E-state index in [0.717, 1.165) is 12.8 Å². The number of ether oxygens (including phenoxy) is 1. The molecule has 54 valence electrons. The van der Waals surface area contributed by atoms with Crippen molar-refractivity contribution in [2.75, 3.05) is 6.61 Å². The highest BCUT2D eigenvalue weighted by Crippen LogP contribution is 2.29. The third kappa shape index (κ3) is 2.70. The van der Waals surface area contributed by atoms with Gasteiger partial charge < -0.3 is 4.74 Å². The molecule has 0 heterocycles. The van der Waals surface area contributed by atoms with Crippen molar-refractivity contribution < 1.29 is 9.53 Å². The van der Waals surface area contributed by atoms with Crippen LogP contribution < -0.4 is 0 Å². The lowest BCUT2D eigenvalue weighted by molar-refractivity contribution is -0.144. The van der Waals surface area contributed by atoms with Gasteiger partial charge in [0.15, 0.2) is 0 Å². The fourth-order valence-corrected chi connectivity index (χ4v) is 0.579. The number of hydrogen-bond donors (Lipinski definition) is 0. The van der Waals surface area contributed by atoms with Gasteiger partial charge in [0, 0.05) is 0 Å². The molecule has 0 aliphatic heterocycles. The second kappa shape index (κ2) is 3.72. The molecule has 9 heavy (non-hydrogen) atoms. The van der Waals surface area contributed by atoms with Crippen molar-refractivity contribution in [2.24, 2.45) is 5.92 Å². The quantitative estimate of drug-likeness (QED) is 0.556. The molecular formula is C6H11ClO2. The smallest absolute Gasteiger partial charge is 0.308 e. The van der Waals surface area contributed by atoms with Gasteiger partial charge in [-0.05, 0) is 19.8 Å². The third-order valence-electron chi connectivity index (χ3n) is 1.20.